The summed E-state index contributed by atoms with van der Waals surface area (Å²) in [5.74, 6) is -0.640. The zero-order valence-electron chi connectivity index (χ0n) is 7.93. The van der Waals surface area contributed by atoms with Crippen LogP contribution in [0.25, 0.3) is 0 Å². The lowest BCUT2D eigenvalue weighted by Crippen LogP contribution is -2.20. The Kier molecular flexibility index (Phi) is 5.01. The number of phosphoric acid groups is 1. The second kappa shape index (κ2) is 5.26. The number of hydrogen-bond donors (Lipinski definition) is 1. The van der Waals surface area contributed by atoms with Gasteiger partial charge in [-0.05, 0) is 13.8 Å². The SMILES string of the molecule is C=C(C)C(=O)OCC(C)OP(=O)([O-])O. The van der Waals surface area contributed by atoms with E-state index < -0.39 is 19.9 Å². The maximum atomic E-state index is 10.8. The fraction of sp³-hybridized carbons (Fsp3) is 0.571. The molecule has 6 nitrogen and oxygen atoms in total. The lowest BCUT2D eigenvalue weighted by molar-refractivity contribution is -0.224. The first-order chi connectivity index (χ1) is 6.22. The minimum absolute atomic E-state index is 0.200. The highest BCUT2D eigenvalue weighted by Crippen LogP contribution is 2.32. The summed E-state index contributed by atoms with van der Waals surface area (Å²) in [6, 6.07) is 0. The van der Waals surface area contributed by atoms with Crippen molar-refractivity contribution in [2.24, 2.45) is 0 Å². The van der Waals surface area contributed by atoms with Crippen molar-refractivity contribution in [3.05, 3.63) is 12.2 Å². The van der Waals surface area contributed by atoms with Crippen molar-refractivity contribution >= 4 is 13.8 Å². The van der Waals surface area contributed by atoms with Gasteiger partial charge in [0.05, 0.1) is 6.10 Å². The molecule has 2 unspecified atom stereocenters. The Labute approximate surface area is 81.8 Å². The maximum absolute atomic E-state index is 10.8. The number of ether oxygens (including phenoxy) is 1. The molecule has 0 saturated carbocycles. The fourth-order valence-corrected chi connectivity index (χ4v) is 1.09. The van der Waals surface area contributed by atoms with E-state index in [0.717, 1.165) is 0 Å². The molecule has 0 rings (SSSR count). The van der Waals surface area contributed by atoms with Gasteiger partial charge in [-0.25, -0.2) is 4.79 Å². The standard InChI is InChI=1S/C7H13O6P/c1-5(2)7(8)12-4-6(3)13-14(9,10)11/h6H,1,4H2,2-3H3,(H2,9,10,11)/p-1. The van der Waals surface area contributed by atoms with Crippen LogP contribution in [0.3, 0.4) is 0 Å². The minimum atomic E-state index is -4.77. The molecule has 82 valence electrons. The van der Waals surface area contributed by atoms with Crippen LogP contribution >= 0.6 is 7.82 Å². The number of carbonyl (C=O) groups is 1. The predicted molar refractivity (Wildman–Crippen MR) is 46.1 cm³/mol. The molecular formula is C7H12O6P-. The van der Waals surface area contributed by atoms with E-state index in [1.165, 1.54) is 13.8 Å². The molecule has 1 N–H and O–H groups in total. The highest BCUT2D eigenvalue weighted by molar-refractivity contribution is 7.44. The summed E-state index contributed by atoms with van der Waals surface area (Å²) in [7, 11) is -4.77. The van der Waals surface area contributed by atoms with E-state index in [-0.39, 0.29) is 12.2 Å². The van der Waals surface area contributed by atoms with E-state index >= 15 is 0 Å². The Morgan fingerprint density at radius 2 is 2.21 bits per heavy atom. The first-order valence-corrected chi connectivity index (χ1v) is 5.26. The van der Waals surface area contributed by atoms with Gasteiger partial charge in [-0.1, -0.05) is 6.58 Å². The second-order valence-corrected chi connectivity index (χ2v) is 3.91. The molecule has 0 aromatic carbocycles. The zero-order chi connectivity index (χ0) is 11.4. The monoisotopic (exact) mass is 223 g/mol. The van der Waals surface area contributed by atoms with Crippen LogP contribution in [0.5, 0.6) is 0 Å². The molecule has 0 heterocycles. The second-order valence-electron chi connectivity index (χ2n) is 2.76. The zero-order valence-corrected chi connectivity index (χ0v) is 8.82. The van der Waals surface area contributed by atoms with Crippen molar-refractivity contribution in [3.8, 4) is 0 Å². The quantitative estimate of drug-likeness (QED) is 0.399. The third-order valence-electron chi connectivity index (χ3n) is 1.11. The molecule has 0 radical (unpaired) electrons. The van der Waals surface area contributed by atoms with Crippen molar-refractivity contribution in [2.75, 3.05) is 6.61 Å². The van der Waals surface area contributed by atoms with E-state index in [1.807, 2.05) is 0 Å². The molecule has 7 heteroatoms. The lowest BCUT2D eigenvalue weighted by Gasteiger charge is -2.20. The number of hydrogen-bond acceptors (Lipinski definition) is 5. The molecule has 0 saturated heterocycles. The van der Waals surface area contributed by atoms with E-state index in [4.69, 9.17) is 4.89 Å². The van der Waals surface area contributed by atoms with E-state index in [1.54, 1.807) is 0 Å². The average molecular weight is 223 g/mol. The molecule has 0 aromatic heterocycles. The molecule has 0 bridgehead atoms. The van der Waals surface area contributed by atoms with E-state index in [0.29, 0.717) is 0 Å². The molecular weight excluding hydrogens is 211 g/mol. The maximum Gasteiger partial charge on any atom is 0.333 e. The fourth-order valence-electron chi connectivity index (χ4n) is 0.574. The minimum Gasteiger partial charge on any atom is -0.756 e. The predicted octanol–water partition coefficient (Wildman–Crippen LogP) is -0.0285. The Morgan fingerprint density at radius 1 is 1.71 bits per heavy atom. The highest BCUT2D eigenvalue weighted by atomic mass is 31.2. The van der Waals surface area contributed by atoms with Crippen molar-refractivity contribution in [1.29, 1.82) is 0 Å². The summed E-state index contributed by atoms with van der Waals surface area (Å²) in [5.41, 5.74) is 0.200. The van der Waals surface area contributed by atoms with Gasteiger partial charge in [0.15, 0.2) is 0 Å². The smallest absolute Gasteiger partial charge is 0.333 e. The summed E-state index contributed by atoms with van der Waals surface area (Å²) in [5, 5.41) is 0. The molecule has 0 aliphatic carbocycles. The van der Waals surface area contributed by atoms with Gasteiger partial charge in [0, 0.05) is 5.57 Å². The summed E-state index contributed by atoms with van der Waals surface area (Å²) in [4.78, 5) is 29.3. The molecule has 0 aliphatic heterocycles. The van der Waals surface area contributed by atoms with Crippen molar-refractivity contribution in [2.45, 2.75) is 20.0 Å². The van der Waals surface area contributed by atoms with Crippen LogP contribution in [0.15, 0.2) is 12.2 Å². The topological polar surface area (TPSA) is 95.9 Å². The van der Waals surface area contributed by atoms with Gasteiger partial charge in [-0.15, -0.1) is 0 Å². The Hall–Kier alpha value is -0.680. The first-order valence-electron chi connectivity index (χ1n) is 3.77. The van der Waals surface area contributed by atoms with Crippen molar-refractivity contribution < 1.29 is 28.4 Å². The summed E-state index contributed by atoms with van der Waals surface area (Å²) < 4.78 is 18.9. The van der Waals surface area contributed by atoms with Crippen molar-refractivity contribution in [1.82, 2.24) is 0 Å². The third-order valence-corrected chi connectivity index (χ3v) is 1.74. The lowest BCUT2D eigenvalue weighted by atomic mass is 10.3. The molecule has 0 aliphatic rings. The van der Waals surface area contributed by atoms with Crippen LogP contribution in [0.2, 0.25) is 0 Å². The Balaban J connectivity index is 3.86. The van der Waals surface area contributed by atoms with Gasteiger partial charge >= 0.3 is 5.97 Å². The molecule has 0 amide bonds. The van der Waals surface area contributed by atoms with Crippen LogP contribution in [0, 0.1) is 0 Å². The largest absolute Gasteiger partial charge is 0.756 e. The number of carbonyl (C=O) groups excluding carboxylic acids is 1. The van der Waals surface area contributed by atoms with Gasteiger partial charge in [0.1, 0.15) is 6.61 Å². The molecule has 0 spiro atoms. The Bertz CT molecular complexity index is 267. The summed E-state index contributed by atoms with van der Waals surface area (Å²) in [6.07, 6.45) is -0.924. The molecule has 0 fully saturated rings. The highest BCUT2D eigenvalue weighted by Gasteiger charge is 2.12. The number of phosphoric ester groups is 1. The van der Waals surface area contributed by atoms with Gasteiger partial charge in [0.25, 0.3) is 7.82 Å². The van der Waals surface area contributed by atoms with Crippen LogP contribution < -0.4 is 4.89 Å². The van der Waals surface area contributed by atoms with E-state index in [2.05, 4.69) is 15.8 Å². The average Bonchev–Trinajstić information content (AvgIpc) is 1.96. The molecule has 0 aromatic rings. The van der Waals surface area contributed by atoms with Gasteiger partial charge in [-0.2, -0.15) is 0 Å². The van der Waals surface area contributed by atoms with E-state index in [9.17, 15) is 14.3 Å². The van der Waals surface area contributed by atoms with Crippen LogP contribution in [0.4, 0.5) is 0 Å². The van der Waals surface area contributed by atoms with Crippen LogP contribution in [-0.4, -0.2) is 23.6 Å². The number of rotatable bonds is 5. The van der Waals surface area contributed by atoms with Crippen LogP contribution in [-0.2, 0) is 18.6 Å². The van der Waals surface area contributed by atoms with Crippen molar-refractivity contribution in [3.63, 3.8) is 0 Å². The van der Waals surface area contributed by atoms with Crippen LogP contribution in [0.1, 0.15) is 13.8 Å². The summed E-state index contributed by atoms with van der Waals surface area (Å²) in [6.45, 7) is 5.86. The van der Waals surface area contributed by atoms with Gasteiger partial charge in [0.2, 0.25) is 0 Å². The van der Waals surface area contributed by atoms with Gasteiger partial charge < -0.3 is 19.0 Å². The first kappa shape index (κ1) is 13.3. The molecule has 14 heavy (non-hydrogen) atoms. The normalized spacial score (nSPS) is 16.9. The Morgan fingerprint density at radius 3 is 2.57 bits per heavy atom. The summed E-state index contributed by atoms with van der Waals surface area (Å²) >= 11 is 0. The third kappa shape index (κ3) is 6.80. The number of esters is 1. The molecule has 2 atom stereocenters. The van der Waals surface area contributed by atoms with Gasteiger partial charge in [-0.3, -0.25) is 4.57 Å².